The van der Waals surface area contributed by atoms with Crippen molar-refractivity contribution in [2.45, 2.75) is 32.9 Å². The number of hydrogen-bond donors (Lipinski definition) is 2. The van der Waals surface area contributed by atoms with Crippen molar-refractivity contribution in [1.82, 2.24) is 15.1 Å². The second kappa shape index (κ2) is 6.89. The minimum atomic E-state index is -1.05. The van der Waals surface area contributed by atoms with Gasteiger partial charge in [0.1, 0.15) is 12.6 Å². The monoisotopic (exact) mass is 301 g/mol. The van der Waals surface area contributed by atoms with Gasteiger partial charge >= 0.3 is 5.97 Å². The number of carboxylic acid groups (broad SMARTS) is 1. The molecule has 6 heteroatoms. The number of nitrogens with zero attached hydrogens (tertiary/aromatic N) is 2. The van der Waals surface area contributed by atoms with Crippen molar-refractivity contribution in [3.8, 4) is 0 Å². The van der Waals surface area contributed by atoms with Gasteiger partial charge in [0.25, 0.3) is 0 Å². The average molecular weight is 301 g/mol. The maximum atomic E-state index is 12.0. The lowest BCUT2D eigenvalue weighted by atomic mass is 10.1. The van der Waals surface area contributed by atoms with Crippen molar-refractivity contribution in [1.29, 1.82) is 0 Å². The van der Waals surface area contributed by atoms with Crippen LogP contribution in [0.3, 0.4) is 0 Å². The number of aromatic nitrogens is 2. The molecule has 0 saturated heterocycles. The Kier molecular flexibility index (Phi) is 4.93. The van der Waals surface area contributed by atoms with E-state index in [4.69, 9.17) is 0 Å². The number of rotatable bonds is 6. The van der Waals surface area contributed by atoms with E-state index in [1.54, 1.807) is 4.68 Å². The second-order valence-electron chi connectivity index (χ2n) is 5.23. The predicted molar refractivity (Wildman–Crippen MR) is 81.4 cm³/mol. The molecule has 1 aromatic carbocycles. The number of amides is 1. The summed E-state index contributed by atoms with van der Waals surface area (Å²) in [6.07, 6.45) is 0.249. The molecule has 6 nitrogen and oxygen atoms in total. The van der Waals surface area contributed by atoms with E-state index in [2.05, 4.69) is 10.4 Å². The van der Waals surface area contributed by atoms with Gasteiger partial charge in [-0.2, -0.15) is 5.10 Å². The number of carbonyl (C=O) groups excluding carboxylic acids is 1. The summed E-state index contributed by atoms with van der Waals surface area (Å²) in [6, 6.07) is 10.1. The molecule has 0 radical (unpaired) electrons. The van der Waals surface area contributed by atoms with Crippen LogP contribution in [0.25, 0.3) is 0 Å². The molecular weight excluding hydrogens is 282 g/mol. The van der Waals surface area contributed by atoms with Gasteiger partial charge in [0, 0.05) is 12.1 Å². The molecule has 1 amide bonds. The summed E-state index contributed by atoms with van der Waals surface area (Å²) < 4.78 is 1.56. The number of carboxylic acids is 1. The Balaban J connectivity index is 2.00. The third-order valence-electron chi connectivity index (χ3n) is 3.31. The van der Waals surface area contributed by atoms with Crippen molar-refractivity contribution in [3.63, 3.8) is 0 Å². The molecule has 0 aliphatic rings. The lowest BCUT2D eigenvalue weighted by Crippen LogP contribution is -2.43. The van der Waals surface area contributed by atoms with Gasteiger partial charge in [0.2, 0.25) is 5.91 Å². The van der Waals surface area contributed by atoms with Gasteiger partial charge in [-0.25, -0.2) is 4.79 Å². The van der Waals surface area contributed by atoms with Crippen LogP contribution >= 0.6 is 0 Å². The van der Waals surface area contributed by atoms with E-state index < -0.39 is 12.0 Å². The van der Waals surface area contributed by atoms with Crippen LogP contribution in [0.5, 0.6) is 0 Å². The Labute approximate surface area is 128 Å². The van der Waals surface area contributed by atoms with E-state index in [0.717, 1.165) is 17.0 Å². The number of aliphatic carboxylic acids is 1. The maximum Gasteiger partial charge on any atom is 0.326 e. The van der Waals surface area contributed by atoms with E-state index in [0.29, 0.717) is 0 Å². The van der Waals surface area contributed by atoms with Gasteiger partial charge in [-0.15, -0.1) is 0 Å². The number of aryl methyl sites for hydroxylation is 2. The van der Waals surface area contributed by atoms with Gasteiger partial charge in [0.15, 0.2) is 0 Å². The first kappa shape index (κ1) is 15.8. The molecule has 1 atom stereocenters. The Bertz CT molecular complexity index is 665. The first-order chi connectivity index (χ1) is 10.5. The van der Waals surface area contributed by atoms with Gasteiger partial charge in [0.05, 0.1) is 5.69 Å². The van der Waals surface area contributed by atoms with Crippen LogP contribution in [0.15, 0.2) is 36.4 Å². The van der Waals surface area contributed by atoms with Crippen LogP contribution in [-0.4, -0.2) is 32.8 Å². The molecule has 0 spiro atoms. The van der Waals surface area contributed by atoms with Crippen LogP contribution in [0.1, 0.15) is 17.0 Å². The Hall–Kier alpha value is -2.63. The topological polar surface area (TPSA) is 84.2 Å². The summed E-state index contributed by atoms with van der Waals surface area (Å²) in [7, 11) is 0. The fourth-order valence-corrected chi connectivity index (χ4v) is 2.26. The predicted octanol–water partition coefficient (Wildman–Crippen LogP) is 1.31. The molecular formula is C16H19N3O3. The van der Waals surface area contributed by atoms with E-state index in [9.17, 15) is 14.7 Å². The van der Waals surface area contributed by atoms with Crippen molar-refractivity contribution in [2.24, 2.45) is 0 Å². The van der Waals surface area contributed by atoms with Gasteiger partial charge in [-0.1, -0.05) is 30.3 Å². The number of nitrogens with one attached hydrogen (secondary N) is 1. The summed E-state index contributed by atoms with van der Waals surface area (Å²) in [4.78, 5) is 23.4. The highest BCUT2D eigenvalue weighted by Crippen LogP contribution is 2.05. The molecule has 0 bridgehead atoms. The first-order valence-electron chi connectivity index (χ1n) is 7.03. The highest BCUT2D eigenvalue weighted by Gasteiger charge is 2.20. The number of benzene rings is 1. The molecule has 0 unspecified atom stereocenters. The molecule has 0 aliphatic heterocycles. The largest absolute Gasteiger partial charge is 0.480 e. The summed E-state index contributed by atoms with van der Waals surface area (Å²) >= 11 is 0. The Morgan fingerprint density at radius 3 is 2.50 bits per heavy atom. The Morgan fingerprint density at radius 2 is 1.95 bits per heavy atom. The average Bonchev–Trinajstić information content (AvgIpc) is 2.77. The van der Waals surface area contributed by atoms with Gasteiger partial charge in [-0.05, 0) is 25.5 Å². The van der Waals surface area contributed by atoms with Gasteiger partial charge < -0.3 is 10.4 Å². The molecule has 22 heavy (non-hydrogen) atoms. The smallest absolute Gasteiger partial charge is 0.326 e. The zero-order chi connectivity index (χ0) is 16.1. The van der Waals surface area contributed by atoms with Crippen molar-refractivity contribution in [3.05, 3.63) is 53.3 Å². The summed E-state index contributed by atoms with van der Waals surface area (Å²) in [6.45, 7) is 3.71. The minimum Gasteiger partial charge on any atom is -0.480 e. The lowest BCUT2D eigenvalue weighted by molar-refractivity contribution is -0.141. The number of hydrogen-bond acceptors (Lipinski definition) is 3. The third-order valence-corrected chi connectivity index (χ3v) is 3.31. The SMILES string of the molecule is Cc1cc(C)n(CC(=O)N[C@@H](Cc2ccccc2)C(=O)O)n1. The van der Waals surface area contributed by atoms with E-state index >= 15 is 0 Å². The molecule has 0 fully saturated rings. The summed E-state index contributed by atoms with van der Waals surface area (Å²) in [5.41, 5.74) is 2.55. The third kappa shape index (κ3) is 4.18. The summed E-state index contributed by atoms with van der Waals surface area (Å²) in [5.74, 6) is -1.42. The fraction of sp³-hybridized carbons (Fsp3) is 0.312. The van der Waals surface area contributed by atoms with E-state index in [-0.39, 0.29) is 18.9 Å². The van der Waals surface area contributed by atoms with E-state index in [1.165, 1.54) is 0 Å². The fourth-order valence-electron chi connectivity index (χ4n) is 2.26. The van der Waals surface area contributed by atoms with Crippen LogP contribution in [0, 0.1) is 13.8 Å². The van der Waals surface area contributed by atoms with Gasteiger partial charge in [-0.3, -0.25) is 9.48 Å². The molecule has 116 valence electrons. The molecule has 0 saturated carbocycles. The molecule has 1 heterocycles. The normalized spacial score (nSPS) is 11.9. The standard InChI is InChI=1S/C16H19N3O3/c1-11-8-12(2)19(18-11)10-15(20)17-14(16(21)22)9-13-6-4-3-5-7-13/h3-8,14H,9-10H2,1-2H3,(H,17,20)(H,21,22)/t14-/m0/s1. The van der Waals surface area contributed by atoms with Crippen LogP contribution < -0.4 is 5.32 Å². The highest BCUT2D eigenvalue weighted by atomic mass is 16.4. The minimum absolute atomic E-state index is 0.0121. The quantitative estimate of drug-likeness (QED) is 0.842. The lowest BCUT2D eigenvalue weighted by Gasteiger charge is -2.15. The molecule has 2 N–H and O–H groups in total. The van der Waals surface area contributed by atoms with Crippen molar-refractivity contribution >= 4 is 11.9 Å². The zero-order valence-electron chi connectivity index (χ0n) is 12.6. The van der Waals surface area contributed by atoms with Crippen LogP contribution in [-0.2, 0) is 22.6 Å². The van der Waals surface area contributed by atoms with E-state index in [1.807, 2.05) is 50.2 Å². The molecule has 1 aromatic heterocycles. The number of carbonyl (C=O) groups is 2. The highest BCUT2D eigenvalue weighted by molar-refractivity contribution is 5.83. The summed E-state index contributed by atoms with van der Waals surface area (Å²) in [5, 5.41) is 16.0. The first-order valence-corrected chi connectivity index (χ1v) is 7.03. The maximum absolute atomic E-state index is 12.0. The van der Waals surface area contributed by atoms with Crippen molar-refractivity contribution < 1.29 is 14.7 Å². The molecule has 0 aliphatic carbocycles. The van der Waals surface area contributed by atoms with Crippen molar-refractivity contribution in [2.75, 3.05) is 0 Å². The Morgan fingerprint density at radius 1 is 1.27 bits per heavy atom. The zero-order valence-corrected chi connectivity index (χ0v) is 12.6. The van der Waals surface area contributed by atoms with Crippen LogP contribution in [0.2, 0.25) is 0 Å². The molecule has 2 aromatic rings. The molecule has 2 rings (SSSR count). The second-order valence-corrected chi connectivity index (χ2v) is 5.23. The van der Waals surface area contributed by atoms with Crippen LogP contribution in [0.4, 0.5) is 0 Å².